The highest BCUT2D eigenvalue weighted by molar-refractivity contribution is 6.07. The van der Waals surface area contributed by atoms with Crippen LogP contribution in [0.5, 0.6) is 0 Å². The molecule has 0 spiro atoms. The van der Waals surface area contributed by atoms with Crippen molar-refractivity contribution < 1.29 is 33.0 Å². The minimum atomic E-state index is -1.23. The number of methoxy groups -OCH3 is 1. The minimum absolute atomic E-state index is 0.0837. The summed E-state index contributed by atoms with van der Waals surface area (Å²) in [5.74, 6) is 0.738. The third-order valence-electron chi connectivity index (χ3n) is 6.63. The molecule has 0 bridgehead atoms. The molecule has 0 saturated carbocycles. The van der Waals surface area contributed by atoms with Crippen LogP contribution in [-0.4, -0.2) is 56.7 Å². The van der Waals surface area contributed by atoms with Crippen molar-refractivity contribution in [1.82, 2.24) is 19.5 Å². The van der Waals surface area contributed by atoms with Crippen LogP contribution < -0.4 is 5.32 Å². The summed E-state index contributed by atoms with van der Waals surface area (Å²) in [5, 5.41) is 2.60. The standard InChI is InChI=1S/C30H36FN5O6/c1-6-8-9-14-23(37)41-17-21-12-10-11-13-22(21)27(38)33-25-24-26(35-29(31)34-25)36(19-32-24)16-15-30(7-2,40-5)18-42-28(39)20(3)4/h2,10-13,19-20H,6,8-9,14-18H2,1,3-5H3,(H,33,34,35,38)/t30-/m0/s1. The van der Waals surface area contributed by atoms with E-state index in [1.54, 1.807) is 38.1 Å². The zero-order valence-electron chi connectivity index (χ0n) is 24.3. The van der Waals surface area contributed by atoms with E-state index in [2.05, 4.69) is 26.2 Å². The number of unbranched alkanes of at least 4 members (excludes halogenated alkanes) is 2. The Hall–Kier alpha value is -4.37. The van der Waals surface area contributed by atoms with Gasteiger partial charge in [-0.15, -0.1) is 6.42 Å². The highest BCUT2D eigenvalue weighted by Gasteiger charge is 2.30. The minimum Gasteiger partial charge on any atom is -0.461 e. The molecule has 11 nitrogen and oxygen atoms in total. The number of hydrogen-bond donors (Lipinski definition) is 1. The first-order valence-corrected chi connectivity index (χ1v) is 13.8. The first-order valence-electron chi connectivity index (χ1n) is 13.8. The van der Waals surface area contributed by atoms with E-state index in [0.29, 0.717) is 12.0 Å². The Bertz CT molecular complexity index is 1450. The van der Waals surface area contributed by atoms with Crippen LogP contribution >= 0.6 is 0 Å². The number of terminal acetylenes is 1. The van der Waals surface area contributed by atoms with Gasteiger partial charge in [0.15, 0.2) is 22.6 Å². The molecule has 3 aromatic rings. The Kier molecular flexibility index (Phi) is 11.5. The first-order chi connectivity index (χ1) is 20.1. The van der Waals surface area contributed by atoms with Crippen molar-refractivity contribution in [2.24, 2.45) is 5.92 Å². The summed E-state index contributed by atoms with van der Waals surface area (Å²) in [7, 11) is 1.41. The number of ether oxygens (including phenoxy) is 3. The van der Waals surface area contributed by atoms with Gasteiger partial charge in [0.1, 0.15) is 13.2 Å². The lowest BCUT2D eigenvalue weighted by atomic mass is 10.0. The number of hydrogen-bond acceptors (Lipinski definition) is 9. The summed E-state index contributed by atoms with van der Waals surface area (Å²) in [6.07, 6.45) is 9.20. The molecule has 0 saturated heterocycles. The SMILES string of the molecule is C#C[C@](CCn1cnc2c(NC(=O)c3ccccc3COC(=O)CCCCC)nc(F)nc21)(COC(=O)C(C)C)OC. The maximum absolute atomic E-state index is 14.5. The monoisotopic (exact) mass is 581 g/mol. The summed E-state index contributed by atoms with van der Waals surface area (Å²) in [6, 6.07) is 6.63. The average Bonchev–Trinajstić information content (AvgIpc) is 3.39. The van der Waals surface area contributed by atoms with Crippen LogP contribution in [-0.2, 0) is 37.0 Å². The van der Waals surface area contributed by atoms with Crippen molar-refractivity contribution in [2.45, 2.75) is 71.6 Å². The van der Waals surface area contributed by atoms with E-state index in [1.165, 1.54) is 18.0 Å². The molecule has 0 fully saturated rings. The normalized spacial score (nSPS) is 12.5. The molecule has 42 heavy (non-hydrogen) atoms. The molecule has 0 aliphatic rings. The van der Waals surface area contributed by atoms with E-state index in [1.807, 2.05) is 6.92 Å². The van der Waals surface area contributed by atoms with Crippen LogP contribution in [0.1, 0.15) is 68.8 Å². The molecule has 0 radical (unpaired) electrons. The van der Waals surface area contributed by atoms with Crippen molar-refractivity contribution in [3.63, 3.8) is 0 Å². The maximum atomic E-state index is 14.5. The quantitative estimate of drug-likeness (QED) is 0.120. The second kappa shape index (κ2) is 15.0. The Morgan fingerprint density at radius 3 is 2.62 bits per heavy atom. The van der Waals surface area contributed by atoms with Crippen LogP contribution in [0, 0.1) is 24.3 Å². The summed E-state index contributed by atoms with van der Waals surface area (Å²) < 4.78 is 32.2. The fourth-order valence-corrected chi connectivity index (χ4v) is 4.02. The largest absolute Gasteiger partial charge is 0.461 e. The van der Waals surface area contributed by atoms with Crippen molar-refractivity contribution >= 4 is 34.8 Å². The molecule has 0 aliphatic heterocycles. The Balaban J connectivity index is 1.76. The number of imidazole rings is 1. The van der Waals surface area contributed by atoms with Gasteiger partial charge in [0.2, 0.25) is 0 Å². The number of rotatable bonds is 15. The van der Waals surface area contributed by atoms with Crippen LogP contribution in [0.15, 0.2) is 30.6 Å². The number of nitrogens with one attached hydrogen (secondary N) is 1. The summed E-state index contributed by atoms with van der Waals surface area (Å²) >= 11 is 0. The van der Waals surface area contributed by atoms with Crippen LogP contribution in [0.2, 0.25) is 0 Å². The van der Waals surface area contributed by atoms with Crippen molar-refractivity contribution in [3.05, 3.63) is 47.8 Å². The second-order valence-electron chi connectivity index (χ2n) is 10.0. The summed E-state index contributed by atoms with van der Waals surface area (Å²) in [4.78, 5) is 49.1. The van der Waals surface area contributed by atoms with Crippen molar-refractivity contribution in [3.8, 4) is 12.3 Å². The lowest BCUT2D eigenvalue weighted by molar-refractivity contribution is -0.154. The van der Waals surface area contributed by atoms with Gasteiger partial charge in [-0.2, -0.15) is 14.4 Å². The number of aryl methyl sites for hydroxylation is 1. The van der Waals surface area contributed by atoms with E-state index in [-0.39, 0.29) is 60.6 Å². The number of nitrogens with zero attached hydrogens (tertiary/aromatic N) is 4. The molecule has 1 atom stereocenters. The van der Waals surface area contributed by atoms with Gasteiger partial charge in [-0.1, -0.05) is 57.7 Å². The van der Waals surface area contributed by atoms with E-state index >= 15 is 0 Å². The molecular weight excluding hydrogens is 545 g/mol. The Morgan fingerprint density at radius 2 is 1.93 bits per heavy atom. The Morgan fingerprint density at radius 1 is 1.17 bits per heavy atom. The number of benzene rings is 1. The molecule has 3 rings (SSSR count). The third-order valence-corrected chi connectivity index (χ3v) is 6.63. The number of anilines is 1. The number of aromatic nitrogens is 4. The zero-order valence-corrected chi connectivity index (χ0v) is 24.3. The van der Waals surface area contributed by atoms with Gasteiger partial charge in [-0.3, -0.25) is 14.4 Å². The van der Waals surface area contributed by atoms with Crippen LogP contribution in [0.25, 0.3) is 11.2 Å². The number of amides is 1. The van der Waals surface area contributed by atoms with E-state index in [4.69, 9.17) is 20.6 Å². The van der Waals surface area contributed by atoms with Crippen LogP contribution in [0.3, 0.4) is 0 Å². The number of carbonyl (C=O) groups excluding carboxylic acids is 3. The van der Waals surface area contributed by atoms with E-state index < -0.39 is 23.6 Å². The Labute approximate surface area is 244 Å². The van der Waals surface area contributed by atoms with Gasteiger partial charge in [-0.25, -0.2) is 4.98 Å². The van der Waals surface area contributed by atoms with Gasteiger partial charge < -0.3 is 24.1 Å². The smallest absolute Gasteiger partial charge is 0.312 e. The summed E-state index contributed by atoms with van der Waals surface area (Å²) in [5.41, 5.74) is -0.237. The maximum Gasteiger partial charge on any atom is 0.312 e. The molecule has 0 unspecified atom stereocenters. The van der Waals surface area contributed by atoms with E-state index in [9.17, 15) is 18.8 Å². The predicted octanol–water partition coefficient (Wildman–Crippen LogP) is 4.45. The molecule has 1 N–H and O–H groups in total. The number of fused-ring (bicyclic) bond motifs is 1. The van der Waals surface area contributed by atoms with Gasteiger partial charge in [0, 0.05) is 37.6 Å². The molecule has 12 heteroatoms. The van der Waals surface area contributed by atoms with E-state index in [0.717, 1.165) is 19.3 Å². The zero-order chi connectivity index (χ0) is 30.7. The molecule has 0 aliphatic carbocycles. The predicted molar refractivity (Wildman–Crippen MR) is 153 cm³/mol. The fraction of sp³-hybridized carbons (Fsp3) is 0.467. The molecule has 1 aromatic carbocycles. The highest BCUT2D eigenvalue weighted by Crippen LogP contribution is 2.23. The topological polar surface area (TPSA) is 135 Å². The lowest BCUT2D eigenvalue weighted by Crippen LogP contribution is -2.38. The molecular formula is C30H36FN5O6. The molecule has 2 heterocycles. The van der Waals surface area contributed by atoms with Gasteiger partial charge in [0.05, 0.1) is 12.2 Å². The second-order valence-corrected chi connectivity index (χ2v) is 10.0. The number of carbonyl (C=O) groups is 3. The molecule has 2 aromatic heterocycles. The van der Waals surface area contributed by atoms with Gasteiger partial charge >= 0.3 is 18.0 Å². The van der Waals surface area contributed by atoms with Gasteiger partial charge in [-0.05, 0) is 12.5 Å². The van der Waals surface area contributed by atoms with Gasteiger partial charge in [0.25, 0.3) is 5.91 Å². The van der Waals surface area contributed by atoms with Crippen LogP contribution in [0.4, 0.5) is 10.2 Å². The average molecular weight is 582 g/mol. The fourth-order valence-electron chi connectivity index (χ4n) is 4.02. The number of halogens is 1. The molecule has 224 valence electrons. The summed E-state index contributed by atoms with van der Waals surface area (Å²) in [6.45, 7) is 5.39. The van der Waals surface area contributed by atoms with Crippen molar-refractivity contribution in [1.29, 1.82) is 0 Å². The van der Waals surface area contributed by atoms with Crippen molar-refractivity contribution in [2.75, 3.05) is 19.0 Å². The lowest BCUT2D eigenvalue weighted by Gasteiger charge is -2.27. The third kappa shape index (κ3) is 8.33. The number of esters is 2. The first kappa shape index (κ1) is 32.1. The molecule has 1 amide bonds. The highest BCUT2D eigenvalue weighted by atomic mass is 19.1.